The van der Waals surface area contributed by atoms with E-state index in [0.29, 0.717) is 6.42 Å². The fourth-order valence-electron chi connectivity index (χ4n) is 5.55. The average molecular weight is 383 g/mol. The van der Waals surface area contributed by atoms with Crippen molar-refractivity contribution in [2.45, 2.75) is 89.6 Å². The Morgan fingerprint density at radius 2 is 1.68 bits per heavy atom. The van der Waals surface area contributed by atoms with Crippen molar-refractivity contribution >= 4 is 11.8 Å². The second kappa shape index (κ2) is 8.26. The van der Waals surface area contributed by atoms with E-state index in [1.54, 1.807) is 0 Å². The molecule has 4 rings (SSSR count). The van der Waals surface area contributed by atoms with Crippen LogP contribution in [0.15, 0.2) is 24.3 Å². The number of likely N-dealkylation sites (tertiary alicyclic amines) is 1. The van der Waals surface area contributed by atoms with Gasteiger partial charge in [-0.15, -0.1) is 0 Å². The summed E-state index contributed by atoms with van der Waals surface area (Å²) in [6.45, 7) is 2.79. The smallest absolute Gasteiger partial charge is 0.247 e. The van der Waals surface area contributed by atoms with Crippen LogP contribution in [-0.2, 0) is 9.59 Å². The van der Waals surface area contributed by atoms with Gasteiger partial charge in [0.15, 0.2) is 0 Å². The second-order valence-electron chi connectivity index (χ2n) is 9.42. The van der Waals surface area contributed by atoms with E-state index in [-0.39, 0.29) is 23.3 Å². The van der Waals surface area contributed by atoms with E-state index in [0.717, 1.165) is 37.8 Å². The Bertz CT molecular complexity index is 700. The number of nitrogens with zero attached hydrogens (tertiary/aromatic N) is 1. The second-order valence-corrected chi connectivity index (χ2v) is 9.42. The molecule has 0 aromatic heterocycles. The van der Waals surface area contributed by atoms with E-state index in [1.165, 1.54) is 44.1 Å². The van der Waals surface area contributed by atoms with Crippen LogP contribution < -0.4 is 5.32 Å². The number of aryl methyl sites for hydroxylation is 1. The first kappa shape index (κ1) is 19.5. The Morgan fingerprint density at radius 1 is 1.04 bits per heavy atom. The lowest BCUT2D eigenvalue weighted by atomic mass is 9.73. The highest BCUT2D eigenvalue weighted by molar-refractivity contribution is 5.90. The summed E-state index contributed by atoms with van der Waals surface area (Å²) in [5, 5.41) is 3.29. The molecular formula is C24H34N2O2. The molecule has 2 saturated carbocycles. The lowest BCUT2D eigenvalue weighted by Crippen LogP contribution is -2.46. The number of rotatable bonds is 4. The molecule has 1 saturated heterocycles. The van der Waals surface area contributed by atoms with E-state index >= 15 is 0 Å². The highest BCUT2D eigenvalue weighted by Crippen LogP contribution is 2.46. The summed E-state index contributed by atoms with van der Waals surface area (Å²) in [5.41, 5.74) is 2.22. The van der Waals surface area contributed by atoms with Gasteiger partial charge in [-0.25, -0.2) is 0 Å². The standard InChI is InChI=1S/C24H34N2O2/c1-18-10-12-19(13-11-18)22(23(28)25-20-8-4-2-5-9-20)26-17-24(16-21(26)27)14-6-3-7-15-24/h10-13,20,22H,2-9,14-17H2,1H3,(H,25,28). The van der Waals surface area contributed by atoms with Crippen molar-refractivity contribution in [1.29, 1.82) is 0 Å². The third-order valence-electron chi connectivity index (χ3n) is 7.17. The summed E-state index contributed by atoms with van der Waals surface area (Å²) in [5.74, 6) is 0.170. The molecule has 1 heterocycles. The number of benzene rings is 1. The predicted molar refractivity (Wildman–Crippen MR) is 111 cm³/mol. The van der Waals surface area contributed by atoms with E-state index in [1.807, 2.05) is 29.2 Å². The molecule has 3 fully saturated rings. The first-order valence-corrected chi connectivity index (χ1v) is 11.2. The SMILES string of the molecule is Cc1ccc(C(C(=O)NC2CCCCC2)N2CC3(CCCCC3)CC2=O)cc1. The molecule has 2 aliphatic carbocycles. The zero-order valence-corrected chi connectivity index (χ0v) is 17.2. The van der Waals surface area contributed by atoms with Crippen molar-refractivity contribution < 1.29 is 9.59 Å². The molecule has 1 N–H and O–H groups in total. The van der Waals surface area contributed by atoms with Crippen molar-refractivity contribution in [2.75, 3.05) is 6.54 Å². The summed E-state index contributed by atoms with van der Waals surface area (Å²) in [4.78, 5) is 28.4. The minimum atomic E-state index is -0.490. The summed E-state index contributed by atoms with van der Waals surface area (Å²) < 4.78 is 0. The molecule has 1 atom stereocenters. The molecule has 152 valence electrons. The predicted octanol–water partition coefficient (Wildman–Crippen LogP) is 4.67. The summed E-state index contributed by atoms with van der Waals surface area (Å²) in [7, 11) is 0. The van der Waals surface area contributed by atoms with Crippen LogP contribution in [0.25, 0.3) is 0 Å². The van der Waals surface area contributed by atoms with Crippen LogP contribution in [0.2, 0.25) is 0 Å². The molecule has 2 amide bonds. The van der Waals surface area contributed by atoms with E-state index in [2.05, 4.69) is 12.2 Å². The van der Waals surface area contributed by atoms with Gasteiger partial charge in [0.05, 0.1) is 0 Å². The lowest BCUT2D eigenvalue weighted by Gasteiger charge is -2.35. The first-order valence-electron chi connectivity index (χ1n) is 11.2. The average Bonchev–Trinajstić information content (AvgIpc) is 3.00. The van der Waals surface area contributed by atoms with Crippen molar-refractivity contribution in [2.24, 2.45) is 5.41 Å². The Balaban J connectivity index is 1.58. The minimum Gasteiger partial charge on any atom is -0.351 e. The largest absolute Gasteiger partial charge is 0.351 e. The van der Waals surface area contributed by atoms with Crippen molar-refractivity contribution in [3.8, 4) is 0 Å². The molecule has 4 nitrogen and oxygen atoms in total. The maximum absolute atomic E-state index is 13.4. The highest BCUT2D eigenvalue weighted by Gasteiger charge is 2.47. The van der Waals surface area contributed by atoms with Gasteiger partial charge in [0.25, 0.3) is 0 Å². The van der Waals surface area contributed by atoms with Crippen molar-refractivity contribution in [3.63, 3.8) is 0 Å². The topological polar surface area (TPSA) is 49.4 Å². The lowest BCUT2D eigenvalue weighted by molar-refractivity contribution is -0.138. The quantitative estimate of drug-likeness (QED) is 0.823. The van der Waals surface area contributed by atoms with Gasteiger partial charge in [-0.1, -0.05) is 68.4 Å². The maximum Gasteiger partial charge on any atom is 0.247 e. The van der Waals surface area contributed by atoms with Gasteiger partial charge in [0.2, 0.25) is 11.8 Å². The van der Waals surface area contributed by atoms with Gasteiger partial charge in [0, 0.05) is 19.0 Å². The fraction of sp³-hybridized carbons (Fsp3) is 0.667. The van der Waals surface area contributed by atoms with Crippen LogP contribution in [0.5, 0.6) is 0 Å². The van der Waals surface area contributed by atoms with Crippen LogP contribution in [0.4, 0.5) is 0 Å². The van der Waals surface area contributed by atoms with Crippen LogP contribution in [-0.4, -0.2) is 29.3 Å². The monoisotopic (exact) mass is 382 g/mol. The number of nitrogens with one attached hydrogen (secondary N) is 1. The fourth-order valence-corrected chi connectivity index (χ4v) is 5.55. The van der Waals surface area contributed by atoms with Gasteiger partial charge < -0.3 is 10.2 Å². The molecule has 1 unspecified atom stereocenters. The molecule has 4 heteroatoms. The Labute approximate surface area is 169 Å². The van der Waals surface area contributed by atoms with E-state index < -0.39 is 6.04 Å². The van der Waals surface area contributed by atoms with Crippen LogP contribution in [0.3, 0.4) is 0 Å². The molecule has 3 aliphatic rings. The molecule has 1 spiro atoms. The summed E-state index contributed by atoms with van der Waals surface area (Å²) in [6, 6.07) is 7.92. The van der Waals surface area contributed by atoms with Crippen LogP contribution in [0.1, 0.15) is 87.8 Å². The van der Waals surface area contributed by atoms with Crippen molar-refractivity contribution in [3.05, 3.63) is 35.4 Å². The zero-order chi connectivity index (χ0) is 19.6. The molecular weight excluding hydrogens is 348 g/mol. The maximum atomic E-state index is 13.4. The first-order chi connectivity index (χ1) is 13.6. The molecule has 1 aromatic rings. The van der Waals surface area contributed by atoms with Crippen molar-refractivity contribution in [1.82, 2.24) is 10.2 Å². The molecule has 0 radical (unpaired) electrons. The van der Waals surface area contributed by atoms with Gasteiger partial charge in [-0.3, -0.25) is 9.59 Å². The number of hydrogen-bond acceptors (Lipinski definition) is 2. The molecule has 1 aliphatic heterocycles. The zero-order valence-electron chi connectivity index (χ0n) is 17.2. The van der Waals surface area contributed by atoms with Gasteiger partial charge >= 0.3 is 0 Å². The van der Waals surface area contributed by atoms with E-state index in [9.17, 15) is 9.59 Å². The highest BCUT2D eigenvalue weighted by atomic mass is 16.2. The molecule has 0 bridgehead atoms. The number of amides is 2. The molecule has 28 heavy (non-hydrogen) atoms. The third-order valence-corrected chi connectivity index (χ3v) is 7.17. The number of hydrogen-bond donors (Lipinski definition) is 1. The van der Waals surface area contributed by atoms with Gasteiger partial charge in [-0.2, -0.15) is 0 Å². The van der Waals surface area contributed by atoms with Gasteiger partial charge in [0.1, 0.15) is 6.04 Å². The van der Waals surface area contributed by atoms with Gasteiger partial charge in [-0.05, 0) is 43.6 Å². The number of carbonyl (C=O) groups excluding carboxylic acids is 2. The summed E-state index contributed by atoms with van der Waals surface area (Å²) >= 11 is 0. The Morgan fingerprint density at radius 3 is 2.36 bits per heavy atom. The Hall–Kier alpha value is -1.84. The normalized spacial score (nSPS) is 23.8. The summed E-state index contributed by atoms with van der Waals surface area (Å²) in [6.07, 6.45) is 12.3. The third kappa shape index (κ3) is 4.11. The minimum absolute atomic E-state index is 0.0111. The Kier molecular flexibility index (Phi) is 5.75. The number of carbonyl (C=O) groups is 2. The van der Waals surface area contributed by atoms with Crippen LogP contribution in [0, 0.1) is 12.3 Å². The molecule has 1 aromatic carbocycles. The van der Waals surface area contributed by atoms with Crippen LogP contribution >= 0.6 is 0 Å². The van der Waals surface area contributed by atoms with E-state index in [4.69, 9.17) is 0 Å².